The fraction of sp³-hybridized carbons (Fsp3) is 0.571. The number of unbranched alkanes of at least 4 members (excludes halogenated alkanes) is 2. The molecule has 30 heteroatoms. The molecule has 2 aromatic heterocycles. The van der Waals surface area contributed by atoms with Gasteiger partial charge in [-0.05, 0) is 25.7 Å². The van der Waals surface area contributed by atoms with E-state index in [2.05, 4.69) is 34.4 Å². The zero-order valence-electron chi connectivity index (χ0n) is 35.1. The highest BCUT2D eigenvalue weighted by molar-refractivity contribution is 8.13. The van der Waals surface area contributed by atoms with Gasteiger partial charge in [-0.3, -0.25) is 37.3 Å². The largest absolute Gasteiger partial charge is 0.481 e. The fourth-order valence-electron chi connectivity index (χ4n) is 5.58. The number of hydrogen-bond acceptors (Lipinski definition) is 19. The molecule has 11 N–H and O–H groups in total. The number of aliphatic hydroxyl groups is 2. The first kappa shape index (κ1) is 55.6. The minimum atomic E-state index is -5.59. The van der Waals surface area contributed by atoms with Gasteiger partial charge in [0.1, 0.15) is 36.3 Å². The molecule has 7 atom stereocenters. The van der Waals surface area contributed by atoms with Crippen LogP contribution in [0.5, 0.6) is 0 Å². The Morgan fingerprint density at radius 1 is 0.938 bits per heavy atom. The molecule has 364 valence electrons. The van der Waals surface area contributed by atoms with Crippen molar-refractivity contribution in [2.24, 2.45) is 5.41 Å². The molecule has 0 aliphatic carbocycles. The first-order chi connectivity index (χ1) is 30.4. The second-order valence-corrected chi connectivity index (χ2v) is 20.1. The lowest BCUT2D eigenvalue weighted by molar-refractivity contribution is -0.137. The molecular formula is C35H54N7O19P3S. The molecule has 3 rings (SSSR count). The quantitative estimate of drug-likeness (QED) is 0.0315. The van der Waals surface area contributed by atoms with Crippen molar-refractivity contribution in [1.82, 2.24) is 30.2 Å². The maximum atomic E-state index is 12.7. The summed E-state index contributed by atoms with van der Waals surface area (Å²) in [6.45, 7) is 0.410. The number of aliphatic hydroxyl groups excluding tert-OH is 2. The molecule has 1 fully saturated rings. The number of carboxylic acids is 1. The van der Waals surface area contributed by atoms with Gasteiger partial charge < -0.3 is 56.0 Å². The third-order valence-electron chi connectivity index (χ3n) is 8.88. The van der Waals surface area contributed by atoms with Gasteiger partial charge in [0.15, 0.2) is 22.8 Å². The number of thioether (sulfide) groups is 1. The van der Waals surface area contributed by atoms with Gasteiger partial charge >= 0.3 is 29.4 Å². The number of nitrogens with zero attached hydrogens (tertiary/aromatic N) is 4. The number of aromatic nitrogens is 4. The highest BCUT2D eigenvalue weighted by atomic mass is 32.2. The number of phosphoric acid groups is 3. The summed E-state index contributed by atoms with van der Waals surface area (Å²) in [5.74, 6) is -1.99. The Hall–Kier alpha value is -3.75. The van der Waals surface area contributed by atoms with Crippen LogP contribution in [0.15, 0.2) is 49.1 Å². The number of anilines is 1. The van der Waals surface area contributed by atoms with Crippen LogP contribution in [-0.2, 0) is 55.5 Å². The number of hydrogen-bond donors (Lipinski definition) is 10. The molecule has 1 aliphatic heterocycles. The van der Waals surface area contributed by atoms with E-state index in [1.807, 2.05) is 36.5 Å². The molecule has 1 aliphatic rings. The number of nitrogens with two attached hydrogens (primary N) is 1. The molecule has 7 unspecified atom stereocenters. The third kappa shape index (κ3) is 19.9. The predicted octanol–water partition coefficient (Wildman–Crippen LogP) is 1.76. The van der Waals surface area contributed by atoms with Crippen molar-refractivity contribution in [3.8, 4) is 0 Å². The van der Waals surface area contributed by atoms with Crippen LogP contribution in [0, 0.1) is 5.41 Å². The molecule has 0 bridgehead atoms. The summed E-state index contributed by atoms with van der Waals surface area (Å²) in [4.78, 5) is 98.5. The Labute approximate surface area is 376 Å². The molecule has 0 aromatic carbocycles. The highest BCUT2D eigenvalue weighted by Gasteiger charge is 2.50. The van der Waals surface area contributed by atoms with Crippen LogP contribution in [0.4, 0.5) is 5.82 Å². The van der Waals surface area contributed by atoms with Crippen LogP contribution in [0.2, 0.25) is 0 Å². The van der Waals surface area contributed by atoms with Gasteiger partial charge in [-0.15, -0.1) is 0 Å². The highest BCUT2D eigenvalue weighted by Crippen LogP contribution is 2.61. The average molecular weight is 1000 g/mol. The normalized spacial score (nSPS) is 20.6. The van der Waals surface area contributed by atoms with Gasteiger partial charge in [0.05, 0.1) is 19.5 Å². The number of phosphoric ester groups is 3. The van der Waals surface area contributed by atoms with Crippen molar-refractivity contribution in [3.05, 3.63) is 49.1 Å². The Bertz CT molecular complexity index is 2170. The van der Waals surface area contributed by atoms with Gasteiger partial charge in [-0.25, -0.2) is 28.6 Å². The molecule has 0 saturated carbocycles. The maximum absolute atomic E-state index is 12.7. The van der Waals surface area contributed by atoms with Crippen molar-refractivity contribution >= 4 is 75.1 Å². The number of nitrogens with one attached hydrogen (secondary N) is 2. The molecule has 2 aromatic rings. The Balaban J connectivity index is 1.35. The summed E-state index contributed by atoms with van der Waals surface area (Å²) >= 11 is 1.07. The van der Waals surface area contributed by atoms with E-state index in [0.29, 0.717) is 37.9 Å². The lowest BCUT2D eigenvalue weighted by Crippen LogP contribution is -2.46. The first-order valence-electron chi connectivity index (χ1n) is 19.7. The number of carbonyl (C=O) groups is 4. The summed E-state index contributed by atoms with van der Waals surface area (Å²) in [5, 5.41) is 35.0. The van der Waals surface area contributed by atoms with Crippen molar-refractivity contribution in [3.63, 3.8) is 0 Å². The van der Waals surface area contributed by atoms with Crippen LogP contribution >= 0.6 is 35.2 Å². The smallest absolute Gasteiger partial charge is 0.481 e. The van der Waals surface area contributed by atoms with E-state index in [0.717, 1.165) is 29.0 Å². The zero-order valence-corrected chi connectivity index (χ0v) is 38.6. The van der Waals surface area contributed by atoms with Gasteiger partial charge in [0.2, 0.25) is 11.8 Å². The second-order valence-electron chi connectivity index (χ2n) is 14.7. The number of carbonyl (C=O) groups excluding carboxylic acids is 3. The predicted molar refractivity (Wildman–Crippen MR) is 230 cm³/mol. The van der Waals surface area contributed by atoms with E-state index < -0.39 is 90.5 Å². The van der Waals surface area contributed by atoms with Crippen LogP contribution in [0.3, 0.4) is 0 Å². The Morgan fingerprint density at radius 3 is 2.23 bits per heavy atom. The van der Waals surface area contributed by atoms with E-state index >= 15 is 0 Å². The summed E-state index contributed by atoms with van der Waals surface area (Å²) in [7, 11) is -16.4. The van der Waals surface area contributed by atoms with Crippen LogP contribution in [0.25, 0.3) is 11.2 Å². The van der Waals surface area contributed by atoms with E-state index in [4.69, 9.17) is 24.6 Å². The average Bonchev–Trinajstić information content (AvgIpc) is 3.77. The number of ether oxygens (including phenoxy) is 1. The van der Waals surface area contributed by atoms with Crippen LogP contribution in [-0.4, -0.2) is 134 Å². The van der Waals surface area contributed by atoms with Gasteiger partial charge in [0, 0.05) is 43.5 Å². The Kier molecular flexibility index (Phi) is 22.2. The Morgan fingerprint density at radius 2 is 1.58 bits per heavy atom. The SMILES string of the molecule is CC(C)(COP(=O)(O)OP(=O)(O)OCC1OC(n2cnc3c(N)ncnc32)C(O)C1OP(=O)(O)O)C(O)C(=O)NCCC(=O)NCCSC(=O)CCC/C=C/C=C/C=C/CCCC(=O)O. The topological polar surface area (TPSA) is 401 Å². The molecule has 3 heterocycles. The van der Waals surface area contributed by atoms with Gasteiger partial charge in [-0.2, -0.15) is 4.31 Å². The summed E-state index contributed by atoms with van der Waals surface area (Å²) in [6.07, 6.45) is 7.24. The summed E-state index contributed by atoms with van der Waals surface area (Å²) in [5.41, 5.74) is 4.24. The van der Waals surface area contributed by atoms with Crippen molar-refractivity contribution in [2.45, 2.75) is 89.4 Å². The van der Waals surface area contributed by atoms with Crippen molar-refractivity contribution < 1.29 is 90.4 Å². The number of imidazole rings is 1. The van der Waals surface area contributed by atoms with E-state index in [1.54, 1.807) is 0 Å². The molecule has 0 radical (unpaired) electrons. The molecule has 2 amide bonds. The van der Waals surface area contributed by atoms with Crippen LogP contribution < -0.4 is 16.4 Å². The third-order valence-corrected chi connectivity index (χ3v) is 12.9. The standard InChI is InChI=1S/C35H54N7O19P3S/c1-35(2,30(48)33(49)38-16-15-24(43)37-17-18-65-26(46)14-12-10-8-6-4-3-5-7-9-11-13-25(44)45)20-58-64(55,56)61-63(53,54)57-19-23-29(60-62(50,51)52)28(47)34(59-23)42-22-41-27-31(36)39-21-40-32(27)42/h3-8,21-23,28-30,34,47-48H,9-20H2,1-2H3,(H,37,43)(H,38,49)(H,44,45)(H,53,54)(H,55,56)(H2,36,39,40)(H2,50,51,52)/b4-3+,7-5+,8-6+. The number of aliphatic carboxylic acids is 1. The zero-order chi connectivity index (χ0) is 48.4. The number of nitrogen functional groups attached to an aromatic ring is 1. The van der Waals surface area contributed by atoms with Crippen LogP contribution in [0.1, 0.15) is 65.0 Å². The first-order valence-corrected chi connectivity index (χ1v) is 25.2. The molecular weight excluding hydrogens is 947 g/mol. The number of fused-ring (bicyclic) bond motifs is 1. The summed E-state index contributed by atoms with van der Waals surface area (Å²) in [6, 6.07) is 0. The lowest BCUT2D eigenvalue weighted by Gasteiger charge is -2.30. The molecule has 0 spiro atoms. The number of carboxylic acid groups (broad SMARTS) is 1. The molecule has 26 nitrogen and oxygen atoms in total. The number of allylic oxidation sites excluding steroid dienone is 6. The number of amides is 2. The fourth-order valence-corrected chi connectivity index (χ4v) is 9.13. The van der Waals surface area contributed by atoms with E-state index in [-0.39, 0.29) is 48.0 Å². The maximum Gasteiger partial charge on any atom is 0.481 e. The minimum absolute atomic E-state index is 0.0238. The van der Waals surface area contributed by atoms with Gasteiger partial charge in [-0.1, -0.05) is 62.1 Å². The number of rotatable bonds is 29. The van der Waals surface area contributed by atoms with E-state index in [9.17, 15) is 62.7 Å². The van der Waals surface area contributed by atoms with E-state index in [1.165, 1.54) is 13.8 Å². The minimum Gasteiger partial charge on any atom is -0.481 e. The lowest BCUT2D eigenvalue weighted by atomic mass is 9.87. The molecule has 65 heavy (non-hydrogen) atoms. The van der Waals surface area contributed by atoms with Crippen molar-refractivity contribution in [2.75, 3.05) is 37.8 Å². The van der Waals surface area contributed by atoms with Crippen molar-refractivity contribution in [1.29, 1.82) is 0 Å². The van der Waals surface area contributed by atoms with Gasteiger partial charge in [0.25, 0.3) is 0 Å². The second kappa shape index (κ2) is 26.0. The summed E-state index contributed by atoms with van der Waals surface area (Å²) < 4.78 is 62.3. The monoisotopic (exact) mass is 1000 g/mol. The molecule has 1 saturated heterocycles.